The minimum Gasteiger partial charge on any atom is -0.360 e. The van der Waals surface area contributed by atoms with Crippen LogP contribution in [0.4, 0.5) is 11.6 Å². The van der Waals surface area contributed by atoms with Crippen LogP contribution in [0.15, 0.2) is 30.6 Å². The van der Waals surface area contributed by atoms with Crippen LogP contribution in [0.2, 0.25) is 0 Å². The van der Waals surface area contributed by atoms with Crippen molar-refractivity contribution in [1.82, 2.24) is 9.55 Å². The smallest absolute Gasteiger partial charge is 0.360 e. The topological polar surface area (TPSA) is 73.0 Å². The molecule has 0 atom stereocenters. The van der Waals surface area contributed by atoms with Gasteiger partial charge >= 0.3 is 5.82 Å². The molecule has 0 aliphatic rings. The van der Waals surface area contributed by atoms with Gasteiger partial charge in [0.1, 0.15) is 0 Å². The average Bonchev–Trinajstić information content (AvgIpc) is 2.70. The fraction of sp³-hybridized carbons (Fsp3) is 0.250. The molecule has 2 aromatic rings. The summed E-state index contributed by atoms with van der Waals surface area (Å²) < 4.78 is 1.61. The van der Waals surface area contributed by atoms with Crippen molar-refractivity contribution in [3.8, 4) is 0 Å². The Hall–Kier alpha value is -2.37. The van der Waals surface area contributed by atoms with Gasteiger partial charge in [-0.25, -0.2) is 0 Å². The lowest BCUT2D eigenvalue weighted by atomic mass is 10.1. The van der Waals surface area contributed by atoms with Crippen molar-refractivity contribution in [1.29, 1.82) is 0 Å². The molecule has 0 unspecified atom stereocenters. The predicted molar refractivity (Wildman–Crippen MR) is 68.4 cm³/mol. The highest BCUT2D eigenvalue weighted by Gasteiger charge is 2.19. The van der Waals surface area contributed by atoms with Gasteiger partial charge < -0.3 is 15.4 Å². The molecule has 0 spiro atoms. The monoisotopic (exact) mass is 246 g/mol. The SMILES string of the molecule is Cc1ccccc1CNc1c([N+](=O)[O-])ncn1C. The number of anilines is 1. The molecule has 1 N–H and O–H groups in total. The molecule has 0 bridgehead atoms. The molecule has 1 aromatic heterocycles. The fourth-order valence-electron chi connectivity index (χ4n) is 1.74. The van der Waals surface area contributed by atoms with E-state index < -0.39 is 4.92 Å². The number of aromatic nitrogens is 2. The molecule has 0 radical (unpaired) electrons. The largest absolute Gasteiger partial charge is 0.406 e. The first-order valence-corrected chi connectivity index (χ1v) is 5.53. The average molecular weight is 246 g/mol. The Labute approximate surface area is 104 Å². The van der Waals surface area contributed by atoms with Crippen molar-refractivity contribution in [3.05, 3.63) is 51.8 Å². The summed E-state index contributed by atoms with van der Waals surface area (Å²) in [5.74, 6) is 0.273. The molecular weight excluding hydrogens is 232 g/mol. The minimum absolute atomic E-state index is 0.147. The van der Waals surface area contributed by atoms with Crippen LogP contribution in [0, 0.1) is 17.0 Å². The van der Waals surface area contributed by atoms with Gasteiger partial charge in [0.2, 0.25) is 12.1 Å². The molecule has 94 valence electrons. The van der Waals surface area contributed by atoms with Crippen LogP contribution in [0.25, 0.3) is 0 Å². The number of imidazole rings is 1. The number of benzene rings is 1. The Morgan fingerprint density at radius 3 is 2.83 bits per heavy atom. The van der Waals surface area contributed by atoms with Crippen LogP contribution in [-0.2, 0) is 13.6 Å². The number of nitro groups is 1. The van der Waals surface area contributed by atoms with Crippen LogP contribution in [0.1, 0.15) is 11.1 Å². The van der Waals surface area contributed by atoms with Crippen LogP contribution < -0.4 is 5.32 Å². The maximum Gasteiger partial charge on any atom is 0.406 e. The number of aryl methyl sites for hydroxylation is 2. The predicted octanol–water partition coefficient (Wildman–Crippen LogP) is 2.25. The lowest BCUT2D eigenvalue weighted by molar-refractivity contribution is -0.388. The summed E-state index contributed by atoms with van der Waals surface area (Å²) in [5.41, 5.74) is 2.25. The van der Waals surface area contributed by atoms with E-state index in [-0.39, 0.29) is 5.82 Å². The van der Waals surface area contributed by atoms with Gasteiger partial charge in [0.15, 0.2) is 0 Å². The summed E-state index contributed by atoms with van der Waals surface area (Å²) in [5, 5.41) is 13.9. The van der Waals surface area contributed by atoms with Gasteiger partial charge in [-0.3, -0.25) is 4.57 Å². The van der Waals surface area contributed by atoms with Crippen molar-refractivity contribution in [2.45, 2.75) is 13.5 Å². The number of nitrogens with one attached hydrogen (secondary N) is 1. The van der Waals surface area contributed by atoms with Crippen molar-refractivity contribution in [3.63, 3.8) is 0 Å². The molecule has 6 heteroatoms. The zero-order valence-corrected chi connectivity index (χ0v) is 10.3. The zero-order valence-electron chi connectivity index (χ0n) is 10.3. The molecule has 0 saturated heterocycles. The highest BCUT2D eigenvalue weighted by atomic mass is 16.6. The first-order chi connectivity index (χ1) is 8.59. The van der Waals surface area contributed by atoms with Gasteiger partial charge in [0.25, 0.3) is 0 Å². The quantitative estimate of drug-likeness (QED) is 0.663. The first-order valence-electron chi connectivity index (χ1n) is 5.53. The van der Waals surface area contributed by atoms with Gasteiger partial charge in [-0.1, -0.05) is 24.3 Å². The van der Waals surface area contributed by atoms with Crippen molar-refractivity contribution < 1.29 is 4.92 Å². The van der Waals surface area contributed by atoms with Crippen molar-refractivity contribution >= 4 is 11.6 Å². The Kier molecular flexibility index (Phi) is 3.27. The maximum atomic E-state index is 10.8. The second kappa shape index (κ2) is 4.87. The summed E-state index contributed by atoms with van der Waals surface area (Å²) in [4.78, 5) is 14.1. The molecule has 2 rings (SSSR count). The van der Waals surface area contributed by atoms with Gasteiger partial charge in [0, 0.05) is 13.6 Å². The van der Waals surface area contributed by atoms with E-state index in [2.05, 4.69) is 10.3 Å². The standard InChI is InChI=1S/C12H14N4O2/c1-9-5-3-4-6-10(9)7-13-11-12(16(17)18)14-8-15(11)2/h3-6,8,13H,7H2,1-2H3. The van der Waals surface area contributed by atoms with Crippen LogP contribution in [-0.4, -0.2) is 14.5 Å². The summed E-state index contributed by atoms with van der Waals surface area (Å²) in [6.45, 7) is 2.54. The highest BCUT2D eigenvalue weighted by Crippen LogP contribution is 2.22. The van der Waals surface area contributed by atoms with Crippen LogP contribution >= 0.6 is 0 Å². The number of hydrogen-bond donors (Lipinski definition) is 1. The number of rotatable bonds is 4. The number of nitrogens with zero attached hydrogens (tertiary/aromatic N) is 3. The summed E-state index contributed by atoms with van der Waals surface area (Å²) in [6.07, 6.45) is 1.43. The fourth-order valence-corrected chi connectivity index (χ4v) is 1.74. The third-order valence-electron chi connectivity index (χ3n) is 2.80. The Balaban J connectivity index is 2.18. The third kappa shape index (κ3) is 2.32. The van der Waals surface area contributed by atoms with E-state index in [1.165, 1.54) is 6.33 Å². The second-order valence-corrected chi connectivity index (χ2v) is 4.06. The highest BCUT2D eigenvalue weighted by molar-refractivity contribution is 5.52. The molecule has 1 aromatic carbocycles. The van der Waals surface area contributed by atoms with E-state index in [9.17, 15) is 10.1 Å². The third-order valence-corrected chi connectivity index (χ3v) is 2.80. The Morgan fingerprint density at radius 2 is 2.17 bits per heavy atom. The van der Waals surface area contributed by atoms with Gasteiger partial charge in [-0.05, 0) is 28.0 Å². The Morgan fingerprint density at radius 1 is 1.44 bits per heavy atom. The van der Waals surface area contributed by atoms with Gasteiger partial charge in [-0.2, -0.15) is 0 Å². The van der Waals surface area contributed by atoms with Crippen LogP contribution in [0.3, 0.4) is 0 Å². The maximum absolute atomic E-state index is 10.8. The van der Waals surface area contributed by atoms with Crippen LogP contribution in [0.5, 0.6) is 0 Å². The lowest BCUT2D eigenvalue weighted by Crippen LogP contribution is -2.06. The van der Waals surface area contributed by atoms with E-state index in [1.807, 2.05) is 31.2 Å². The summed E-state index contributed by atoms with van der Waals surface area (Å²) in [7, 11) is 1.72. The molecule has 0 fully saturated rings. The molecule has 6 nitrogen and oxygen atoms in total. The molecule has 0 aliphatic heterocycles. The molecule has 0 aliphatic carbocycles. The zero-order chi connectivity index (χ0) is 13.1. The van der Waals surface area contributed by atoms with E-state index in [1.54, 1.807) is 11.6 Å². The number of hydrogen-bond acceptors (Lipinski definition) is 4. The molecule has 0 saturated carbocycles. The summed E-state index contributed by atoms with van der Waals surface area (Å²) >= 11 is 0. The van der Waals surface area contributed by atoms with Crippen molar-refractivity contribution in [2.75, 3.05) is 5.32 Å². The lowest BCUT2D eigenvalue weighted by Gasteiger charge is -2.08. The van der Waals surface area contributed by atoms with E-state index >= 15 is 0 Å². The Bertz CT molecular complexity index is 577. The van der Waals surface area contributed by atoms with Gasteiger partial charge in [-0.15, -0.1) is 0 Å². The van der Waals surface area contributed by atoms with E-state index in [0.29, 0.717) is 12.4 Å². The molecular formula is C12H14N4O2. The van der Waals surface area contributed by atoms with E-state index in [4.69, 9.17) is 0 Å². The molecule has 18 heavy (non-hydrogen) atoms. The van der Waals surface area contributed by atoms with E-state index in [0.717, 1.165) is 11.1 Å². The normalized spacial score (nSPS) is 10.3. The minimum atomic E-state index is -0.486. The second-order valence-electron chi connectivity index (χ2n) is 4.06. The molecule has 0 amide bonds. The van der Waals surface area contributed by atoms with Gasteiger partial charge in [0.05, 0.1) is 0 Å². The summed E-state index contributed by atoms with van der Waals surface area (Å²) in [6, 6.07) is 7.91. The first kappa shape index (κ1) is 12.1. The molecule has 1 heterocycles. The van der Waals surface area contributed by atoms with Crippen molar-refractivity contribution in [2.24, 2.45) is 7.05 Å².